The van der Waals surface area contributed by atoms with E-state index < -0.39 is 11.9 Å². The Hall–Kier alpha value is -2.44. The molecule has 118 valence electrons. The van der Waals surface area contributed by atoms with Crippen LogP contribution in [0.25, 0.3) is 0 Å². The van der Waals surface area contributed by atoms with Gasteiger partial charge in [-0.15, -0.1) is 0 Å². The monoisotopic (exact) mass is 348 g/mol. The number of amides is 1. The second kappa shape index (κ2) is 7.71. The van der Waals surface area contributed by atoms with Crippen molar-refractivity contribution in [2.75, 3.05) is 5.32 Å². The summed E-state index contributed by atoms with van der Waals surface area (Å²) >= 11 is 11.0. The Morgan fingerprint density at radius 1 is 1.09 bits per heavy atom. The van der Waals surface area contributed by atoms with E-state index in [1.807, 2.05) is 0 Å². The van der Waals surface area contributed by atoms with Gasteiger partial charge < -0.3 is 10.4 Å². The third-order valence-corrected chi connectivity index (χ3v) is 3.45. The first-order valence-electron chi connectivity index (χ1n) is 6.63. The minimum Gasteiger partial charge on any atom is -0.481 e. The Labute approximate surface area is 143 Å². The van der Waals surface area contributed by atoms with Gasteiger partial charge in [0.1, 0.15) is 0 Å². The number of rotatable bonds is 4. The molecule has 2 aromatic carbocycles. The number of anilines is 1. The fraction of sp³-hybridized carbons (Fsp3) is 0.0625. The van der Waals surface area contributed by atoms with Crippen LogP contribution in [0.2, 0.25) is 5.02 Å². The Bertz CT molecular complexity index is 747. The van der Waals surface area contributed by atoms with Crippen molar-refractivity contribution in [2.24, 2.45) is 0 Å². The highest BCUT2D eigenvalue weighted by Gasteiger charge is 2.11. The van der Waals surface area contributed by atoms with E-state index >= 15 is 0 Å². The fourth-order valence-electron chi connectivity index (χ4n) is 1.86. The highest BCUT2D eigenvalue weighted by molar-refractivity contribution is 7.80. The maximum Gasteiger partial charge on any atom is 0.307 e. The summed E-state index contributed by atoms with van der Waals surface area (Å²) in [5, 5.41) is 14.6. The van der Waals surface area contributed by atoms with E-state index in [2.05, 4.69) is 10.6 Å². The van der Waals surface area contributed by atoms with Gasteiger partial charge in [-0.1, -0.05) is 35.9 Å². The van der Waals surface area contributed by atoms with Crippen LogP contribution in [-0.2, 0) is 11.2 Å². The van der Waals surface area contributed by atoms with Gasteiger partial charge in [0.05, 0.1) is 17.0 Å². The molecule has 0 radical (unpaired) electrons. The molecule has 0 aliphatic carbocycles. The molecule has 0 atom stereocenters. The maximum absolute atomic E-state index is 12.1. The summed E-state index contributed by atoms with van der Waals surface area (Å²) in [5.74, 6) is -1.30. The molecule has 0 saturated carbocycles. The SMILES string of the molecule is O=C(O)Cc1ccc(NC(=S)NC(=O)c2ccccc2Cl)cc1. The van der Waals surface area contributed by atoms with Gasteiger partial charge in [-0.2, -0.15) is 0 Å². The van der Waals surface area contributed by atoms with Crippen molar-refractivity contribution in [3.8, 4) is 0 Å². The molecule has 0 fully saturated rings. The Morgan fingerprint density at radius 2 is 1.74 bits per heavy atom. The minimum absolute atomic E-state index is 0.0477. The second-order valence-corrected chi connectivity index (χ2v) is 5.47. The quantitative estimate of drug-likeness (QED) is 0.740. The molecule has 0 aliphatic heterocycles. The van der Waals surface area contributed by atoms with E-state index in [-0.39, 0.29) is 11.5 Å². The average molecular weight is 349 g/mol. The first-order chi connectivity index (χ1) is 11.0. The van der Waals surface area contributed by atoms with Crippen molar-refractivity contribution in [1.82, 2.24) is 5.32 Å². The number of halogens is 1. The van der Waals surface area contributed by atoms with Gasteiger partial charge in [0.2, 0.25) is 0 Å². The number of carboxylic acid groups (broad SMARTS) is 1. The predicted octanol–water partition coefficient (Wildman–Crippen LogP) is 3.09. The van der Waals surface area contributed by atoms with Crippen LogP contribution < -0.4 is 10.6 Å². The number of carboxylic acids is 1. The van der Waals surface area contributed by atoms with Crippen molar-refractivity contribution in [2.45, 2.75) is 6.42 Å². The predicted molar refractivity (Wildman–Crippen MR) is 92.9 cm³/mol. The van der Waals surface area contributed by atoms with Crippen LogP contribution >= 0.6 is 23.8 Å². The van der Waals surface area contributed by atoms with E-state index in [1.54, 1.807) is 48.5 Å². The van der Waals surface area contributed by atoms with E-state index in [1.165, 1.54) is 0 Å². The summed E-state index contributed by atoms with van der Waals surface area (Å²) in [6.07, 6.45) is -0.0477. The molecule has 1 amide bonds. The molecule has 0 spiro atoms. The average Bonchev–Trinajstić information content (AvgIpc) is 2.49. The highest BCUT2D eigenvalue weighted by Crippen LogP contribution is 2.15. The third kappa shape index (κ3) is 5.05. The molecular formula is C16H13ClN2O3S. The second-order valence-electron chi connectivity index (χ2n) is 4.66. The standard InChI is InChI=1S/C16H13ClN2O3S/c17-13-4-2-1-3-12(13)15(22)19-16(23)18-11-7-5-10(6-8-11)9-14(20)21/h1-8H,9H2,(H,20,21)(H2,18,19,22,23). The number of hydrogen-bond acceptors (Lipinski definition) is 3. The number of nitrogens with one attached hydrogen (secondary N) is 2. The lowest BCUT2D eigenvalue weighted by atomic mass is 10.1. The molecule has 0 unspecified atom stereocenters. The molecule has 3 N–H and O–H groups in total. The zero-order valence-corrected chi connectivity index (χ0v) is 13.4. The van der Waals surface area contributed by atoms with Gasteiger partial charge in [-0.3, -0.25) is 14.9 Å². The fourth-order valence-corrected chi connectivity index (χ4v) is 2.29. The number of thiocarbonyl (C=S) groups is 1. The van der Waals surface area contributed by atoms with Crippen molar-refractivity contribution >= 4 is 46.5 Å². The van der Waals surface area contributed by atoms with Crippen LogP contribution in [-0.4, -0.2) is 22.1 Å². The first-order valence-corrected chi connectivity index (χ1v) is 7.42. The van der Waals surface area contributed by atoms with Crippen LogP contribution in [0.4, 0.5) is 5.69 Å². The lowest BCUT2D eigenvalue weighted by Gasteiger charge is -2.10. The van der Waals surface area contributed by atoms with Gasteiger partial charge in [0.25, 0.3) is 5.91 Å². The molecule has 0 saturated heterocycles. The molecule has 0 heterocycles. The summed E-state index contributed by atoms with van der Waals surface area (Å²) in [4.78, 5) is 22.7. The summed E-state index contributed by atoms with van der Waals surface area (Å²) in [7, 11) is 0. The van der Waals surface area contributed by atoms with Crippen molar-refractivity contribution in [3.05, 3.63) is 64.7 Å². The molecule has 2 aromatic rings. The summed E-state index contributed by atoms with van der Waals surface area (Å²) in [6.45, 7) is 0. The number of aliphatic carboxylic acids is 1. The van der Waals surface area contributed by atoms with E-state index in [0.29, 0.717) is 21.8 Å². The summed E-state index contributed by atoms with van der Waals surface area (Å²) in [6, 6.07) is 13.4. The number of hydrogen-bond donors (Lipinski definition) is 3. The molecule has 5 nitrogen and oxygen atoms in total. The summed E-state index contributed by atoms with van der Waals surface area (Å²) < 4.78 is 0. The molecular weight excluding hydrogens is 336 g/mol. The van der Waals surface area contributed by atoms with Gasteiger partial charge in [-0.25, -0.2) is 0 Å². The van der Waals surface area contributed by atoms with Gasteiger partial charge in [0, 0.05) is 5.69 Å². The van der Waals surface area contributed by atoms with Crippen LogP contribution in [0.1, 0.15) is 15.9 Å². The van der Waals surface area contributed by atoms with Crippen LogP contribution in [0.3, 0.4) is 0 Å². The molecule has 2 rings (SSSR count). The molecule has 0 bridgehead atoms. The highest BCUT2D eigenvalue weighted by atomic mass is 35.5. The topological polar surface area (TPSA) is 78.4 Å². The summed E-state index contributed by atoms with van der Waals surface area (Å²) in [5.41, 5.74) is 1.65. The number of carbonyl (C=O) groups excluding carboxylic acids is 1. The normalized spacial score (nSPS) is 9.96. The lowest BCUT2D eigenvalue weighted by Crippen LogP contribution is -2.34. The molecule has 23 heavy (non-hydrogen) atoms. The van der Waals surface area contributed by atoms with Gasteiger partial charge >= 0.3 is 5.97 Å². The van der Waals surface area contributed by atoms with Gasteiger partial charge in [-0.05, 0) is 42.0 Å². The van der Waals surface area contributed by atoms with E-state index in [0.717, 1.165) is 0 Å². The zero-order valence-electron chi connectivity index (χ0n) is 11.9. The molecule has 7 heteroatoms. The first kappa shape index (κ1) is 16.9. The van der Waals surface area contributed by atoms with Crippen LogP contribution in [0, 0.1) is 0 Å². The smallest absolute Gasteiger partial charge is 0.307 e. The lowest BCUT2D eigenvalue weighted by molar-refractivity contribution is -0.136. The molecule has 0 aliphatic rings. The Morgan fingerprint density at radius 3 is 2.35 bits per heavy atom. The zero-order chi connectivity index (χ0) is 16.8. The minimum atomic E-state index is -0.895. The van der Waals surface area contributed by atoms with Gasteiger partial charge in [0.15, 0.2) is 5.11 Å². The Kier molecular flexibility index (Phi) is 5.67. The van der Waals surface area contributed by atoms with Crippen molar-refractivity contribution < 1.29 is 14.7 Å². The van der Waals surface area contributed by atoms with Crippen molar-refractivity contribution in [1.29, 1.82) is 0 Å². The molecule has 0 aromatic heterocycles. The third-order valence-electron chi connectivity index (χ3n) is 2.91. The van der Waals surface area contributed by atoms with Crippen molar-refractivity contribution in [3.63, 3.8) is 0 Å². The number of benzene rings is 2. The maximum atomic E-state index is 12.1. The largest absolute Gasteiger partial charge is 0.481 e. The van der Waals surface area contributed by atoms with Crippen LogP contribution in [0.15, 0.2) is 48.5 Å². The van der Waals surface area contributed by atoms with E-state index in [9.17, 15) is 9.59 Å². The van der Waals surface area contributed by atoms with Crippen LogP contribution in [0.5, 0.6) is 0 Å². The van der Waals surface area contributed by atoms with E-state index in [4.69, 9.17) is 28.9 Å². The number of carbonyl (C=O) groups is 2. The Balaban J connectivity index is 1.95.